The van der Waals surface area contributed by atoms with E-state index in [1.807, 2.05) is 13.8 Å². The highest BCUT2D eigenvalue weighted by molar-refractivity contribution is 7.82. The summed E-state index contributed by atoms with van der Waals surface area (Å²) in [5.41, 5.74) is 0. The molecule has 6 heteroatoms. The van der Waals surface area contributed by atoms with E-state index in [2.05, 4.69) is 10.3 Å². The third-order valence-corrected chi connectivity index (χ3v) is 4.03. The SMILES string of the molecule is CCNc1nc(S(=O)N(C)C)c(C)s1. The molecule has 0 aliphatic rings. The molecule has 0 fully saturated rings. The highest BCUT2D eigenvalue weighted by Crippen LogP contribution is 2.24. The second kappa shape index (κ2) is 4.86. The van der Waals surface area contributed by atoms with Gasteiger partial charge in [-0.25, -0.2) is 13.5 Å². The minimum atomic E-state index is -1.14. The van der Waals surface area contributed by atoms with Crippen molar-refractivity contribution in [3.05, 3.63) is 4.88 Å². The minimum absolute atomic E-state index is 0.663. The van der Waals surface area contributed by atoms with Crippen LogP contribution in [0.2, 0.25) is 0 Å². The Morgan fingerprint density at radius 3 is 2.71 bits per heavy atom. The van der Waals surface area contributed by atoms with Gasteiger partial charge in [0.15, 0.2) is 10.2 Å². The lowest BCUT2D eigenvalue weighted by Gasteiger charge is -2.06. The molecule has 1 atom stereocenters. The average Bonchev–Trinajstić information content (AvgIpc) is 2.46. The van der Waals surface area contributed by atoms with Crippen LogP contribution in [0, 0.1) is 6.92 Å². The van der Waals surface area contributed by atoms with Gasteiger partial charge in [0.1, 0.15) is 11.0 Å². The first-order valence-electron chi connectivity index (χ1n) is 4.36. The molecule has 1 aromatic heterocycles. The van der Waals surface area contributed by atoms with Gasteiger partial charge in [-0.05, 0) is 27.9 Å². The minimum Gasteiger partial charge on any atom is -0.362 e. The normalized spacial score (nSPS) is 13.2. The summed E-state index contributed by atoms with van der Waals surface area (Å²) in [7, 11) is 2.42. The summed E-state index contributed by atoms with van der Waals surface area (Å²) in [6.07, 6.45) is 0. The highest BCUT2D eigenvalue weighted by atomic mass is 32.2. The molecule has 4 nitrogen and oxygen atoms in total. The lowest BCUT2D eigenvalue weighted by atomic mass is 10.6. The lowest BCUT2D eigenvalue weighted by molar-refractivity contribution is 0.599. The van der Waals surface area contributed by atoms with Crippen LogP contribution in [0.15, 0.2) is 5.03 Å². The third-order valence-electron chi connectivity index (χ3n) is 1.58. The van der Waals surface area contributed by atoms with Crippen LogP contribution in [0.5, 0.6) is 0 Å². The molecule has 0 aliphatic carbocycles. The molecular formula is C8H15N3OS2. The Morgan fingerprint density at radius 1 is 1.57 bits per heavy atom. The van der Waals surface area contributed by atoms with Crippen LogP contribution in [-0.4, -0.2) is 34.1 Å². The fourth-order valence-corrected chi connectivity index (χ4v) is 2.88. The van der Waals surface area contributed by atoms with E-state index in [0.717, 1.165) is 16.6 Å². The monoisotopic (exact) mass is 233 g/mol. The Hall–Kier alpha value is -0.460. The van der Waals surface area contributed by atoms with Crippen molar-refractivity contribution in [2.75, 3.05) is 26.0 Å². The van der Waals surface area contributed by atoms with Crippen molar-refractivity contribution < 1.29 is 4.21 Å². The summed E-state index contributed by atoms with van der Waals surface area (Å²) in [5, 5.41) is 4.62. The van der Waals surface area contributed by atoms with Gasteiger partial charge in [-0.15, -0.1) is 11.3 Å². The summed E-state index contributed by atoms with van der Waals surface area (Å²) < 4.78 is 13.4. The van der Waals surface area contributed by atoms with Crippen LogP contribution < -0.4 is 5.32 Å². The van der Waals surface area contributed by atoms with E-state index in [9.17, 15) is 4.21 Å². The Morgan fingerprint density at radius 2 is 2.21 bits per heavy atom. The molecule has 1 rings (SSSR count). The smallest absolute Gasteiger partial charge is 0.184 e. The second-order valence-corrected chi connectivity index (χ2v) is 5.79. The van der Waals surface area contributed by atoms with Crippen molar-refractivity contribution in [2.45, 2.75) is 18.9 Å². The van der Waals surface area contributed by atoms with E-state index in [0.29, 0.717) is 5.03 Å². The van der Waals surface area contributed by atoms with Crippen molar-refractivity contribution >= 4 is 27.5 Å². The Labute approximate surface area is 90.9 Å². The number of rotatable bonds is 4. The van der Waals surface area contributed by atoms with Gasteiger partial charge in [-0.2, -0.15) is 0 Å². The van der Waals surface area contributed by atoms with Crippen LogP contribution in [0.25, 0.3) is 0 Å². The molecule has 0 saturated heterocycles. The number of thiazole rings is 1. The molecule has 0 radical (unpaired) electrons. The summed E-state index contributed by atoms with van der Waals surface area (Å²) in [4.78, 5) is 5.29. The lowest BCUT2D eigenvalue weighted by Crippen LogP contribution is -2.16. The molecular weight excluding hydrogens is 218 g/mol. The Bertz CT molecular complexity index is 335. The van der Waals surface area contributed by atoms with Crippen LogP contribution in [0.1, 0.15) is 11.8 Å². The number of hydrogen-bond acceptors (Lipinski definition) is 4. The molecule has 1 unspecified atom stereocenters. The van der Waals surface area contributed by atoms with Crippen molar-refractivity contribution in [3.8, 4) is 0 Å². The molecule has 0 spiro atoms. The van der Waals surface area contributed by atoms with Crippen LogP contribution >= 0.6 is 11.3 Å². The molecule has 1 aromatic rings. The molecule has 0 aliphatic heterocycles. The number of aryl methyl sites for hydroxylation is 1. The average molecular weight is 233 g/mol. The first-order valence-corrected chi connectivity index (χ1v) is 6.29. The Kier molecular flexibility index (Phi) is 4.03. The van der Waals surface area contributed by atoms with Crippen molar-refractivity contribution in [3.63, 3.8) is 0 Å². The van der Waals surface area contributed by atoms with E-state index >= 15 is 0 Å². The number of nitrogens with one attached hydrogen (secondary N) is 1. The zero-order chi connectivity index (χ0) is 10.7. The van der Waals surface area contributed by atoms with Crippen molar-refractivity contribution in [1.82, 2.24) is 9.29 Å². The quantitative estimate of drug-likeness (QED) is 0.856. The van der Waals surface area contributed by atoms with Gasteiger partial charge in [-0.3, -0.25) is 0 Å². The topological polar surface area (TPSA) is 45.2 Å². The molecule has 0 saturated carbocycles. The summed E-state index contributed by atoms with van der Waals surface area (Å²) >= 11 is 1.54. The molecule has 0 bridgehead atoms. The molecule has 14 heavy (non-hydrogen) atoms. The maximum atomic E-state index is 11.7. The second-order valence-electron chi connectivity index (χ2n) is 2.97. The molecule has 0 aromatic carbocycles. The van der Waals surface area contributed by atoms with Gasteiger partial charge in [0.05, 0.1) is 0 Å². The zero-order valence-corrected chi connectivity index (χ0v) is 10.5. The Balaban J connectivity index is 2.92. The van der Waals surface area contributed by atoms with Crippen LogP contribution in [-0.2, 0) is 11.0 Å². The highest BCUT2D eigenvalue weighted by Gasteiger charge is 2.15. The molecule has 0 amide bonds. The van der Waals surface area contributed by atoms with E-state index in [1.54, 1.807) is 29.7 Å². The molecule has 80 valence electrons. The van der Waals surface area contributed by atoms with E-state index in [4.69, 9.17) is 0 Å². The van der Waals surface area contributed by atoms with E-state index in [-0.39, 0.29) is 0 Å². The largest absolute Gasteiger partial charge is 0.362 e. The van der Waals surface area contributed by atoms with Crippen LogP contribution in [0.3, 0.4) is 0 Å². The third kappa shape index (κ3) is 2.52. The van der Waals surface area contributed by atoms with Gasteiger partial charge in [0, 0.05) is 11.4 Å². The van der Waals surface area contributed by atoms with Crippen LogP contribution in [0.4, 0.5) is 5.13 Å². The van der Waals surface area contributed by atoms with E-state index in [1.165, 1.54) is 0 Å². The fraction of sp³-hybridized carbons (Fsp3) is 0.625. The zero-order valence-electron chi connectivity index (χ0n) is 8.83. The van der Waals surface area contributed by atoms with E-state index < -0.39 is 11.0 Å². The standard InChI is InChI=1S/C8H15N3OS2/c1-5-9-8-10-7(6(2)13-8)14(12)11(3)4/h5H2,1-4H3,(H,9,10). The molecule has 1 N–H and O–H groups in total. The molecule has 1 heterocycles. The predicted octanol–water partition coefficient (Wildman–Crippen LogP) is 1.47. The maximum absolute atomic E-state index is 11.7. The van der Waals surface area contributed by atoms with Crippen molar-refractivity contribution in [2.24, 2.45) is 0 Å². The predicted molar refractivity (Wildman–Crippen MR) is 61.1 cm³/mol. The summed E-state index contributed by atoms with van der Waals surface area (Å²) in [5.74, 6) is 0. The van der Waals surface area contributed by atoms with Gasteiger partial charge in [-0.1, -0.05) is 0 Å². The maximum Gasteiger partial charge on any atom is 0.184 e. The summed E-state index contributed by atoms with van der Waals surface area (Å²) in [6.45, 7) is 4.79. The first kappa shape index (κ1) is 11.6. The fourth-order valence-electron chi connectivity index (χ4n) is 0.944. The number of anilines is 1. The first-order chi connectivity index (χ1) is 6.56. The summed E-state index contributed by atoms with van der Waals surface area (Å²) in [6, 6.07) is 0. The number of hydrogen-bond donors (Lipinski definition) is 1. The number of aromatic nitrogens is 1. The van der Waals surface area contributed by atoms with Gasteiger partial charge >= 0.3 is 0 Å². The van der Waals surface area contributed by atoms with Gasteiger partial charge < -0.3 is 5.32 Å². The van der Waals surface area contributed by atoms with Crippen molar-refractivity contribution in [1.29, 1.82) is 0 Å². The van der Waals surface area contributed by atoms with Gasteiger partial charge in [0.2, 0.25) is 0 Å². The number of nitrogens with zero attached hydrogens (tertiary/aromatic N) is 2. The van der Waals surface area contributed by atoms with Gasteiger partial charge in [0.25, 0.3) is 0 Å².